The quantitative estimate of drug-likeness (QED) is 0.210. The maximum atomic E-state index is 14.4. The summed E-state index contributed by atoms with van der Waals surface area (Å²) in [7, 11) is 0. The van der Waals surface area contributed by atoms with E-state index >= 15 is 0 Å². The van der Waals surface area contributed by atoms with Crippen LogP contribution in [0.25, 0.3) is 22.3 Å². The molecule has 0 bridgehead atoms. The molecule has 0 nitrogen and oxygen atoms in total. The second kappa shape index (κ2) is 7.67. The molecule has 0 aliphatic carbocycles. The Hall–Kier alpha value is -3.32. The fraction of sp³-hybridized carbons (Fsp3) is 0. The van der Waals surface area contributed by atoms with Crippen molar-refractivity contribution < 1.29 is 61.5 Å². The van der Waals surface area contributed by atoms with E-state index in [-0.39, 0.29) is 0 Å². The fourth-order valence-corrected chi connectivity index (χ4v) is 2.75. The Bertz CT molecular complexity index is 1150. The number of rotatable bonds is 2. The number of hydrogen-bond donors (Lipinski definition) is 0. The highest BCUT2D eigenvalue weighted by atomic mass is 19.2. The summed E-state index contributed by atoms with van der Waals surface area (Å²) in [5, 5.41) is 0. The normalized spacial score (nSPS) is 11.4. The van der Waals surface area contributed by atoms with Crippen molar-refractivity contribution in [1.29, 1.82) is 0 Å². The smallest absolute Gasteiger partial charge is 0.200 e. The van der Waals surface area contributed by atoms with Crippen molar-refractivity contribution in [3.8, 4) is 22.3 Å². The van der Waals surface area contributed by atoms with Gasteiger partial charge in [0.1, 0.15) is 0 Å². The minimum absolute atomic E-state index is 2.54. The van der Waals surface area contributed by atoms with Gasteiger partial charge in [0.05, 0.1) is 11.1 Å². The lowest BCUT2D eigenvalue weighted by Crippen LogP contribution is -2.12. The summed E-state index contributed by atoms with van der Waals surface area (Å²) in [6, 6.07) is 0. The van der Waals surface area contributed by atoms with E-state index in [1.54, 1.807) is 0 Å². The summed E-state index contributed by atoms with van der Waals surface area (Å²) in [6.07, 6.45) is 0. The van der Waals surface area contributed by atoms with Gasteiger partial charge in [-0.25, -0.2) is 61.5 Å². The van der Waals surface area contributed by atoms with Crippen molar-refractivity contribution in [2.24, 2.45) is 0 Å². The van der Waals surface area contributed by atoms with Gasteiger partial charge in [-0.1, -0.05) is 0 Å². The maximum Gasteiger partial charge on any atom is 0.200 e. The molecule has 3 aromatic rings. The summed E-state index contributed by atoms with van der Waals surface area (Å²) in [4.78, 5) is 0. The number of hydrogen-bond acceptors (Lipinski definition) is 0. The lowest BCUT2D eigenvalue weighted by molar-refractivity contribution is 0.377. The first-order valence-corrected chi connectivity index (χ1v) is 7.65. The maximum absolute atomic E-state index is 14.4. The predicted octanol–water partition coefficient (Wildman–Crippen LogP) is 6.97. The van der Waals surface area contributed by atoms with Crippen molar-refractivity contribution in [2.75, 3.05) is 0 Å². The summed E-state index contributed by atoms with van der Waals surface area (Å²) < 4.78 is 193. The van der Waals surface area contributed by atoms with Crippen LogP contribution in [-0.2, 0) is 0 Å². The van der Waals surface area contributed by atoms with Crippen LogP contribution in [0, 0.1) is 81.4 Å². The van der Waals surface area contributed by atoms with Crippen molar-refractivity contribution in [3.63, 3.8) is 0 Å². The van der Waals surface area contributed by atoms with E-state index in [1.807, 2.05) is 0 Å². The van der Waals surface area contributed by atoms with Gasteiger partial charge in [0, 0.05) is 11.1 Å². The highest BCUT2D eigenvalue weighted by Gasteiger charge is 2.38. The third kappa shape index (κ3) is 2.99. The molecule has 0 amide bonds. The largest absolute Gasteiger partial charge is 0.203 e. The van der Waals surface area contributed by atoms with E-state index < -0.39 is 104 Å². The molecule has 0 fully saturated rings. The van der Waals surface area contributed by atoms with Crippen LogP contribution in [0.2, 0.25) is 0 Å². The summed E-state index contributed by atoms with van der Waals surface area (Å²) in [5.41, 5.74) is -10.2. The highest BCUT2D eigenvalue weighted by molar-refractivity contribution is 5.86. The molecule has 170 valence electrons. The molecule has 0 heterocycles. The molecule has 0 atom stereocenters. The Kier molecular flexibility index (Phi) is 5.60. The molecule has 3 aromatic carbocycles. The molecule has 14 heteroatoms. The Morgan fingerprint density at radius 2 is 0.281 bits per heavy atom. The van der Waals surface area contributed by atoms with E-state index in [1.165, 1.54) is 0 Å². The van der Waals surface area contributed by atoms with Gasteiger partial charge in [0.2, 0.25) is 11.6 Å². The minimum atomic E-state index is -2.97. The van der Waals surface area contributed by atoms with Gasteiger partial charge in [-0.05, 0) is 0 Å². The van der Waals surface area contributed by atoms with Crippen LogP contribution in [0.4, 0.5) is 61.5 Å². The van der Waals surface area contributed by atoms with E-state index in [4.69, 9.17) is 0 Å². The Labute approximate surface area is 166 Å². The zero-order valence-corrected chi connectivity index (χ0v) is 14.3. The lowest BCUT2D eigenvalue weighted by Gasteiger charge is -2.17. The molecule has 32 heavy (non-hydrogen) atoms. The van der Waals surface area contributed by atoms with Crippen molar-refractivity contribution in [3.05, 3.63) is 81.4 Å². The average Bonchev–Trinajstić information content (AvgIpc) is 2.77. The number of halogens is 14. The standard InChI is InChI=1S/C18F14/c19-5-1(3-7(21)13(27)17(31)14(28)8(3)22)2(6(20)12(26)11(5)25)4-9(23)15(29)18(32)16(30)10(4)24. The molecule has 0 spiro atoms. The molecule has 0 N–H and O–H groups in total. The van der Waals surface area contributed by atoms with E-state index in [2.05, 4.69) is 0 Å². The van der Waals surface area contributed by atoms with Crippen molar-refractivity contribution in [1.82, 2.24) is 0 Å². The van der Waals surface area contributed by atoms with Gasteiger partial charge in [-0.15, -0.1) is 0 Å². The van der Waals surface area contributed by atoms with Gasteiger partial charge in [0.25, 0.3) is 0 Å². The van der Waals surface area contributed by atoms with Crippen LogP contribution in [0.1, 0.15) is 0 Å². The van der Waals surface area contributed by atoms with Gasteiger partial charge in [0.15, 0.2) is 69.8 Å². The first-order valence-electron chi connectivity index (χ1n) is 7.65. The molecule has 0 aliphatic rings. The Morgan fingerprint density at radius 3 is 0.469 bits per heavy atom. The van der Waals surface area contributed by atoms with E-state index in [0.717, 1.165) is 0 Å². The first-order chi connectivity index (χ1) is 14.7. The summed E-state index contributed by atoms with van der Waals surface area (Å²) >= 11 is 0. The van der Waals surface area contributed by atoms with Gasteiger partial charge >= 0.3 is 0 Å². The van der Waals surface area contributed by atoms with Crippen LogP contribution >= 0.6 is 0 Å². The van der Waals surface area contributed by atoms with Gasteiger partial charge in [-0.3, -0.25) is 0 Å². The monoisotopic (exact) mass is 482 g/mol. The molecular weight excluding hydrogens is 482 g/mol. The first kappa shape index (κ1) is 23.3. The van der Waals surface area contributed by atoms with E-state index in [0.29, 0.717) is 0 Å². The second-order valence-corrected chi connectivity index (χ2v) is 5.90. The molecule has 0 unspecified atom stereocenters. The third-order valence-electron chi connectivity index (χ3n) is 4.19. The molecule has 0 aliphatic heterocycles. The molecule has 0 radical (unpaired) electrons. The SMILES string of the molecule is Fc1c(F)c(F)c(-c2c(F)c(F)c(F)c(F)c2-c2c(F)c(F)c(F)c(F)c2F)c(F)c1F. The van der Waals surface area contributed by atoms with Crippen LogP contribution in [0.15, 0.2) is 0 Å². The minimum Gasteiger partial charge on any atom is -0.203 e. The van der Waals surface area contributed by atoms with Crippen molar-refractivity contribution in [2.45, 2.75) is 0 Å². The lowest BCUT2D eigenvalue weighted by atomic mass is 9.91. The Morgan fingerprint density at radius 1 is 0.156 bits per heavy atom. The van der Waals surface area contributed by atoms with Gasteiger partial charge < -0.3 is 0 Å². The average molecular weight is 482 g/mol. The Balaban J connectivity index is 2.69. The van der Waals surface area contributed by atoms with Crippen LogP contribution in [0.3, 0.4) is 0 Å². The molecule has 3 rings (SSSR count). The number of benzene rings is 3. The second-order valence-electron chi connectivity index (χ2n) is 5.90. The molecular formula is C18F14. The van der Waals surface area contributed by atoms with Crippen LogP contribution in [0.5, 0.6) is 0 Å². The van der Waals surface area contributed by atoms with Gasteiger partial charge in [-0.2, -0.15) is 0 Å². The molecule has 0 saturated heterocycles. The topological polar surface area (TPSA) is 0 Å². The molecule has 0 aromatic heterocycles. The third-order valence-corrected chi connectivity index (χ3v) is 4.19. The fourth-order valence-electron chi connectivity index (χ4n) is 2.75. The summed E-state index contributed by atoms with van der Waals surface area (Å²) in [5.74, 6) is -41.0. The summed E-state index contributed by atoms with van der Waals surface area (Å²) in [6.45, 7) is 0. The van der Waals surface area contributed by atoms with Crippen LogP contribution < -0.4 is 0 Å². The van der Waals surface area contributed by atoms with Crippen molar-refractivity contribution >= 4 is 0 Å². The highest BCUT2D eigenvalue weighted by Crippen LogP contribution is 2.45. The van der Waals surface area contributed by atoms with E-state index in [9.17, 15) is 61.5 Å². The molecule has 0 saturated carbocycles. The van der Waals surface area contributed by atoms with Crippen LogP contribution in [-0.4, -0.2) is 0 Å². The zero-order chi connectivity index (χ0) is 24.4. The zero-order valence-electron chi connectivity index (χ0n) is 14.3. The predicted molar refractivity (Wildman–Crippen MR) is 76.7 cm³/mol.